The molecule has 0 radical (unpaired) electrons. The van der Waals surface area contributed by atoms with Gasteiger partial charge in [0.05, 0.1) is 5.56 Å². The van der Waals surface area contributed by atoms with E-state index in [4.69, 9.17) is 0 Å². The van der Waals surface area contributed by atoms with Crippen LogP contribution >= 0.6 is 0 Å². The smallest absolute Gasteiger partial charge is 0.253 e. The minimum absolute atomic E-state index is 0.0415. The number of carbonyl (C=O) groups excluding carboxylic acids is 1. The highest BCUT2D eigenvalue weighted by atomic mass is 19.1. The Balaban J connectivity index is 1.85. The second kappa shape index (κ2) is 6.54. The molecule has 2 aromatic rings. The number of halogens is 1. The summed E-state index contributed by atoms with van der Waals surface area (Å²) in [4.78, 5) is 12.6. The van der Waals surface area contributed by atoms with Crippen molar-refractivity contribution >= 4 is 5.91 Å². The van der Waals surface area contributed by atoms with Gasteiger partial charge in [0.15, 0.2) is 0 Å². The zero-order chi connectivity index (χ0) is 16.4. The molecule has 1 fully saturated rings. The molecule has 1 aromatic heterocycles. The standard InChI is InChI=1S/C18H22FN3O/c1-12-10-17(18(23)21-15-4-3-9-20-11-15)13(2)22(12)16-7-5-14(19)6-8-16/h5-8,10,15,20H,3-4,9,11H2,1-2H3,(H,21,23). The molecule has 2 N–H and O–H groups in total. The van der Waals surface area contributed by atoms with E-state index >= 15 is 0 Å². The Labute approximate surface area is 135 Å². The fourth-order valence-electron chi connectivity index (χ4n) is 3.22. The number of hydrogen-bond acceptors (Lipinski definition) is 2. The van der Waals surface area contributed by atoms with Gasteiger partial charge in [-0.05, 0) is 63.6 Å². The van der Waals surface area contributed by atoms with Crippen molar-refractivity contribution in [3.05, 3.63) is 53.1 Å². The molecule has 0 spiro atoms. The number of amides is 1. The topological polar surface area (TPSA) is 46.1 Å². The van der Waals surface area contributed by atoms with Crippen molar-refractivity contribution in [1.82, 2.24) is 15.2 Å². The molecule has 1 amide bonds. The number of aryl methyl sites for hydroxylation is 1. The van der Waals surface area contributed by atoms with Crippen LogP contribution in [0.4, 0.5) is 4.39 Å². The van der Waals surface area contributed by atoms with Crippen LogP contribution in [0, 0.1) is 19.7 Å². The lowest BCUT2D eigenvalue weighted by molar-refractivity contribution is 0.0930. The summed E-state index contributed by atoms with van der Waals surface area (Å²) in [5, 5.41) is 6.40. The van der Waals surface area contributed by atoms with Crippen molar-refractivity contribution in [2.24, 2.45) is 0 Å². The summed E-state index contributed by atoms with van der Waals surface area (Å²) >= 11 is 0. The van der Waals surface area contributed by atoms with Crippen LogP contribution < -0.4 is 10.6 Å². The first kappa shape index (κ1) is 15.7. The van der Waals surface area contributed by atoms with E-state index in [9.17, 15) is 9.18 Å². The number of nitrogens with one attached hydrogen (secondary N) is 2. The molecule has 1 unspecified atom stereocenters. The third-order valence-corrected chi connectivity index (χ3v) is 4.39. The lowest BCUT2D eigenvalue weighted by Crippen LogP contribution is -2.45. The van der Waals surface area contributed by atoms with Crippen molar-refractivity contribution in [1.29, 1.82) is 0 Å². The molecule has 1 saturated heterocycles. The zero-order valence-electron chi connectivity index (χ0n) is 13.5. The van der Waals surface area contributed by atoms with E-state index in [0.29, 0.717) is 5.56 Å². The summed E-state index contributed by atoms with van der Waals surface area (Å²) in [5.74, 6) is -0.306. The van der Waals surface area contributed by atoms with Gasteiger partial charge in [0, 0.05) is 29.7 Å². The van der Waals surface area contributed by atoms with Crippen LogP contribution in [0.25, 0.3) is 5.69 Å². The maximum atomic E-state index is 13.1. The summed E-state index contributed by atoms with van der Waals surface area (Å²) in [6.45, 7) is 5.72. The fraction of sp³-hybridized carbons (Fsp3) is 0.389. The SMILES string of the molecule is Cc1cc(C(=O)NC2CCCNC2)c(C)n1-c1ccc(F)cc1. The monoisotopic (exact) mass is 315 g/mol. The van der Waals surface area contributed by atoms with E-state index in [2.05, 4.69) is 10.6 Å². The summed E-state index contributed by atoms with van der Waals surface area (Å²) < 4.78 is 15.1. The molecule has 1 aliphatic rings. The van der Waals surface area contributed by atoms with Crippen LogP contribution in [-0.4, -0.2) is 29.6 Å². The molecule has 1 aliphatic heterocycles. The molecule has 1 aromatic carbocycles. The van der Waals surface area contributed by atoms with Gasteiger partial charge >= 0.3 is 0 Å². The molecule has 4 nitrogen and oxygen atoms in total. The van der Waals surface area contributed by atoms with Crippen LogP contribution in [0.2, 0.25) is 0 Å². The van der Waals surface area contributed by atoms with Crippen molar-refractivity contribution in [2.75, 3.05) is 13.1 Å². The second-order valence-electron chi connectivity index (χ2n) is 6.11. The van der Waals surface area contributed by atoms with Crippen molar-refractivity contribution in [3.8, 4) is 5.69 Å². The highest BCUT2D eigenvalue weighted by Crippen LogP contribution is 2.21. The minimum atomic E-state index is -0.265. The largest absolute Gasteiger partial charge is 0.348 e. The molecule has 0 aliphatic carbocycles. The van der Waals surface area contributed by atoms with Crippen LogP contribution in [0.1, 0.15) is 34.6 Å². The molecule has 2 heterocycles. The molecule has 122 valence electrons. The number of carbonyl (C=O) groups is 1. The first-order valence-electron chi connectivity index (χ1n) is 8.02. The third kappa shape index (κ3) is 3.29. The normalized spacial score (nSPS) is 18.0. The molecule has 23 heavy (non-hydrogen) atoms. The molecule has 0 saturated carbocycles. The molecular weight excluding hydrogens is 293 g/mol. The lowest BCUT2D eigenvalue weighted by Gasteiger charge is -2.23. The Morgan fingerprint density at radius 3 is 2.70 bits per heavy atom. The van der Waals surface area contributed by atoms with Gasteiger partial charge < -0.3 is 15.2 Å². The predicted octanol–water partition coefficient (Wildman–Crippen LogP) is 2.72. The Hall–Kier alpha value is -2.14. The van der Waals surface area contributed by atoms with E-state index in [0.717, 1.165) is 43.0 Å². The molecule has 3 rings (SSSR count). The summed E-state index contributed by atoms with van der Waals surface area (Å²) in [7, 11) is 0. The number of rotatable bonds is 3. The van der Waals surface area contributed by atoms with Gasteiger partial charge in [-0.1, -0.05) is 0 Å². The minimum Gasteiger partial charge on any atom is -0.348 e. The highest BCUT2D eigenvalue weighted by molar-refractivity contribution is 5.96. The summed E-state index contributed by atoms with van der Waals surface area (Å²) in [5.41, 5.74) is 3.37. The molecular formula is C18H22FN3O. The van der Waals surface area contributed by atoms with Gasteiger partial charge in [-0.15, -0.1) is 0 Å². The predicted molar refractivity (Wildman–Crippen MR) is 88.6 cm³/mol. The highest BCUT2D eigenvalue weighted by Gasteiger charge is 2.20. The summed E-state index contributed by atoms with van der Waals surface area (Å²) in [6, 6.07) is 8.39. The maximum absolute atomic E-state index is 13.1. The molecule has 0 bridgehead atoms. The fourth-order valence-corrected chi connectivity index (χ4v) is 3.22. The van der Waals surface area contributed by atoms with Crippen molar-refractivity contribution < 1.29 is 9.18 Å². The molecule has 1 atom stereocenters. The number of nitrogens with zero attached hydrogens (tertiary/aromatic N) is 1. The lowest BCUT2D eigenvalue weighted by atomic mass is 10.1. The maximum Gasteiger partial charge on any atom is 0.253 e. The van der Waals surface area contributed by atoms with Gasteiger partial charge in [-0.25, -0.2) is 4.39 Å². The first-order chi connectivity index (χ1) is 11.1. The van der Waals surface area contributed by atoms with Gasteiger partial charge in [0.2, 0.25) is 0 Å². The van der Waals surface area contributed by atoms with Crippen LogP contribution in [0.15, 0.2) is 30.3 Å². The number of hydrogen-bond donors (Lipinski definition) is 2. The number of benzene rings is 1. The first-order valence-corrected chi connectivity index (χ1v) is 8.02. The average Bonchev–Trinajstić information content (AvgIpc) is 2.84. The molecule has 5 heteroatoms. The third-order valence-electron chi connectivity index (χ3n) is 4.39. The van der Waals surface area contributed by atoms with Crippen LogP contribution in [-0.2, 0) is 0 Å². The van der Waals surface area contributed by atoms with Gasteiger partial charge in [0.1, 0.15) is 5.82 Å². The van der Waals surface area contributed by atoms with E-state index in [1.165, 1.54) is 12.1 Å². The van der Waals surface area contributed by atoms with E-state index in [-0.39, 0.29) is 17.8 Å². The van der Waals surface area contributed by atoms with Gasteiger partial charge in [-0.3, -0.25) is 4.79 Å². The quantitative estimate of drug-likeness (QED) is 0.915. The second-order valence-corrected chi connectivity index (χ2v) is 6.11. The van der Waals surface area contributed by atoms with Gasteiger partial charge in [-0.2, -0.15) is 0 Å². The Morgan fingerprint density at radius 1 is 1.30 bits per heavy atom. The Bertz CT molecular complexity index is 700. The Morgan fingerprint density at radius 2 is 2.04 bits per heavy atom. The average molecular weight is 315 g/mol. The van der Waals surface area contributed by atoms with E-state index < -0.39 is 0 Å². The zero-order valence-corrected chi connectivity index (χ0v) is 13.5. The van der Waals surface area contributed by atoms with E-state index in [1.807, 2.05) is 24.5 Å². The van der Waals surface area contributed by atoms with Crippen LogP contribution in [0.5, 0.6) is 0 Å². The van der Waals surface area contributed by atoms with E-state index in [1.54, 1.807) is 12.1 Å². The van der Waals surface area contributed by atoms with Crippen molar-refractivity contribution in [3.63, 3.8) is 0 Å². The van der Waals surface area contributed by atoms with Gasteiger partial charge in [0.25, 0.3) is 5.91 Å². The number of aromatic nitrogens is 1. The number of piperidine rings is 1. The summed E-state index contributed by atoms with van der Waals surface area (Å²) in [6.07, 6.45) is 2.09. The van der Waals surface area contributed by atoms with Crippen molar-refractivity contribution in [2.45, 2.75) is 32.7 Å². The van der Waals surface area contributed by atoms with Crippen LogP contribution in [0.3, 0.4) is 0 Å². The Kier molecular flexibility index (Phi) is 4.48.